The molecule has 5 heteroatoms. The van der Waals surface area contributed by atoms with Crippen LogP contribution in [0.2, 0.25) is 0 Å². The van der Waals surface area contributed by atoms with Crippen molar-refractivity contribution in [3.8, 4) is 0 Å². The fraction of sp³-hybridized carbons (Fsp3) is 0.125. The number of benzene rings is 2. The van der Waals surface area contributed by atoms with E-state index in [1.807, 2.05) is 54.8 Å². The van der Waals surface area contributed by atoms with Crippen LogP contribution in [0.25, 0.3) is 0 Å². The van der Waals surface area contributed by atoms with Gasteiger partial charge in [-0.05, 0) is 30.0 Å². The molecule has 0 bridgehead atoms. The number of hydrogen-bond donors (Lipinski definition) is 2. The molecule has 2 aromatic rings. The number of amides is 1. The van der Waals surface area contributed by atoms with Crippen LogP contribution in [0, 0.1) is 0 Å². The van der Waals surface area contributed by atoms with Crippen molar-refractivity contribution in [2.75, 3.05) is 6.26 Å². The summed E-state index contributed by atoms with van der Waals surface area (Å²) in [5, 5.41) is 2.92. The maximum Gasteiger partial charge on any atom is 0.252 e. The Morgan fingerprint density at radius 3 is 2.71 bits per heavy atom. The van der Waals surface area contributed by atoms with E-state index in [0.29, 0.717) is 17.1 Å². The molecule has 0 spiro atoms. The van der Waals surface area contributed by atoms with Crippen LogP contribution in [-0.2, 0) is 6.54 Å². The zero-order chi connectivity index (χ0) is 15.2. The van der Waals surface area contributed by atoms with Gasteiger partial charge in [-0.2, -0.15) is 0 Å². The summed E-state index contributed by atoms with van der Waals surface area (Å²) in [6.45, 7) is 0.442. The first-order valence-electron chi connectivity index (χ1n) is 6.42. The van der Waals surface area contributed by atoms with Crippen LogP contribution in [0.5, 0.6) is 0 Å². The summed E-state index contributed by atoms with van der Waals surface area (Å²) in [6.07, 6.45) is 1.96. The van der Waals surface area contributed by atoms with Gasteiger partial charge in [-0.1, -0.05) is 42.5 Å². The lowest BCUT2D eigenvalue weighted by Crippen LogP contribution is -2.23. The number of thiocarbonyl (C=S) groups is 1. The van der Waals surface area contributed by atoms with Crippen molar-refractivity contribution in [3.63, 3.8) is 0 Å². The Morgan fingerprint density at radius 2 is 2.00 bits per heavy atom. The Bertz CT molecular complexity index is 671. The van der Waals surface area contributed by atoms with Gasteiger partial charge in [0.2, 0.25) is 0 Å². The average molecular weight is 316 g/mol. The van der Waals surface area contributed by atoms with E-state index in [2.05, 4.69) is 5.32 Å². The summed E-state index contributed by atoms with van der Waals surface area (Å²) < 4.78 is 0. The first-order valence-corrected chi connectivity index (χ1v) is 8.05. The van der Waals surface area contributed by atoms with Crippen molar-refractivity contribution in [3.05, 3.63) is 65.2 Å². The Morgan fingerprint density at radius 1 is 1.24 bits per heavy atom. The smallest absolute Gasteiger partial charge is 0.252 e. The predicted octanol–water partition coefficient (Wildman–Crippen LogP) is 2.97. The van der Waals surface area contributed by atoms with Crippen LogP contribution in [0.4, 0.5) is 0 Å². The second-order valence-corrected chi connectivity index (χ2v) is 5.74. The van der Waals surface area contributed by atoms with Crippen molar-refractivity contribution in [2.24, 2.45) is 5.73 Å². The average Bonchev–Trinajstić information content (AvgIpc) is 2.52. The van der Waals surface area contributed by atoms with Crippen molar-refractivity contribution in [1.29, 1.82) is 0 Å². The molecule has 21 heavy (non-hydrogen) atoms. The lowest BCUT2D eigenvalue weighted by atomic mass is 10.1. The number of nitrogens with two attached hydrogens (primary N) is 1. The van der Waals surface area contributed by atoms with E-state index in [1.165, 1.54) is 0 Å². The Labute approximate surface area is 133 Å². The third-order valence-corrected chi connectivity index (χ3v) is 4.05. The van der Waals surface area contributed by atoms with E-state index < -0.39 is 0 Å². The van der Waals surface area contributed by atoms with E-state index in [1.54, 1.807) is 11.8 Å². The van der Waals surface area contributed by atoms with E-state index >= 15 is 0 Å². The van der Waals surface area contributed by atoms with Crippen molar-refractivity contribution in [1.82, 2.24) is 5.32 Å². The summed E-state index contributed by atoms with van der Waals surface area (Å²) >= 11 is 6.51. The van der Waals surface area contributed by atoms with Gasteiger partial charge in [0.15, 0.2) is 0 Å². The van der Waals surface area contributed by atoms with E-state index in [9.17, 15) is 4.79 Å². The molecule has 0 saturated heterocycles. The highest BCUT2D eigenvalue weighted by atomic mass is 32.2. The van der Waals surface area contributed by atoms with Crippen molar-refractivity contribution < 1.29 is 4.79 Å². The Hall–Kier alpha value is -1.85. The molecule has 0 aromatic heterocycles. The third kappa shape index (κ3) is 4.06. The molecule has 0 aliphatic heterocycles. The van der Waals surface area contributed by atoms with Crippen LogP contribution in [-0.4, -0.2) is 17.2 Å². The molecule has 0 heterocycles. The topological polar surface area (TPSA) is 55.1 Å². The number of carbonyl (C=O) groups is 1. The van der Waals surface area contributed by atoms with Gasteiger partial charge >= 0.3 is 0 Å². The Kier molecular flexibility index (Phi) is 5.36. The largest absolute Gasteiger partial charge is 0.389 e. The first-order chi connectivity index (χ1) is 10.1. The molecule has 0 unspecified atom stereocenters. The highest BCUT2D eigenvalue weighted by molar-refractivity contribution is 7.98. The van der Waals surface area contributed by atoms with Crippen LogP contribution in [0.15, 0.2) is 53.4 Å². The normalized spacial score (nSPS) is 10.1. The minimum absolute atomic E-state index is 0.0827. The molecular formula is C16H16N2OS2. The molecule has 1 amide bonds. The summed E-state index contributed by atoms with van der Waals surface area (Å²) in [7, 11) is 0. The van der Waals surface area contributed by atoms with E-state index in [-0.39, 0.29) is 5.91 Å². The minimum atomic E-state index is -0.0827. The van der Waals surface area contributed by atoms with Crippen LogP contribution in [0.3, 0.4) is 0 Å². The molecule has 2 rings (SSSR count). The van der Waals surface area contributed by atoms with Crippen molar-refractivity contribution >= 4 is 34.9 Å². The van der Waals surface area contributed by atoms with Gasteiger partial charge in [0.1, 0.15) is 4.99 Å². The molecule has 0 aliphatic carbocycles. The lowest BCUT2D eigenvalue weighted by molar-refractivity contribution is 0.0948. The number of thioether (sulfide) groups is 1. The van der Waals surface area contributed by atoms with E-state index in [4.69, 9.17) is 18.0 Å². The van der Waals surface area contributed by atoms with E-state index in [0.717, 1.165) is 16.0 Å². The maximum atomic E-state index is 12.2. The molecule has 2 aromatic carbocycles. The minimum Gasteiger partial charge on any atom is -0.389 e. The lowest BCUT2D eigenvalue weighted by Gasteiger charge is -2.09. The number of hydrogen-bond acceptors (Lipinski definition) is 3. The summed E-state index contributed by atoms with van der Waals surface area (Å²) in [5.41, 5.74) is 8.07. The third-order valence-electron chi connectivity index (χ3n) is 3.02. The van der Waals surface area contributed by atoms with Crippen molar-refractivity contribution in [2.45, 2.75) is 11.4 Å². The van der Waals surface area contributed by atoms with Crippen LogP contribution in [0.1, 0.15) is 21.5 Å². The predicted molar refractivity (Wildman–Crippen MR) is 91.7 cm³/mol. The molecule has 0 saturated carbocycles. The van der Waals surface area contributed by atoms with Gasteiger partial charge in [-0.25, -0.2) is 0 Å². The van der Waals surface area contributed by atoms with Gasteiger partial charge in [0.05, 0.1) is 5.56 Å². The summed E-state index contributed by atoms with van der Waals surface area (Å²) in [6, 6.07) is 15.1. The van der Waals surface area contributed by atoms with Crippen LogP contribution < -0.4 is 11.1 Å². The highest BCUT2D eigenvalue weighted by Gasteiger charge is 2.09. The Balaban J connectivity index is 2.07. The SMILES string of the molecule is CSc1ccccc1C(=O)NCc1cccc(C(N)=S)c1. The highest BCUT2D eigenvalue weighted by Crippen LogP contribution is 2.19. The van der Waals surface area contributed by atoms with Gasteiger partial charge < -0.3 is 11.1 Å². The molecule has 0 atom stereocenters. The van der Waals surface area contributed by atoms with Gasteiger partial charge in [-0.15, -0.1) is 11.8 Å². The molecule has 3 N–H and O–H groups in total. The molecule has 3 nitrogen and oxygen atoms in total. The molecule has 0 radical (unpaired) electrons. The van der Waals surface area contributed by atoms with Gasteiger partial charge in [0.25, 0.3) is 5.91 Å². The monoisotopic (exact) mass is 316 g/mol. The first kappa shape index (κ1) is 15.5. The zero-order valence-corrected chi connectivity index (χ0v) is 13.3. The summed E-state index contributed by atoms with van der Waals surface area (Å²) in [4.78, 5) is 13.6. The number of nitrogens with one attached hydrogen (secondary N) is 1. The number of rotatable bonds is 5. The van der Waals surface area contributed by atoms with Gasteiger partial charge in [-0.3, -0.25) is 4.79 Å². The molecule has 0 aliphatic rings. The molecule has 0 fully saturated rings. The molecular weight excluding hydrogens is 300 g/mol. The number of carbonyl (C=O) groups excluding carboxylic acids is 1. The maximum absolute atomic E-state index is 12.2. The summed E-state index contributed by atoms with van der Waals surface area (Å²) in [5.74, 6) is -0.0827. The quantitative estimate of drug-likeness (QED) is 0.658. The fourth-order valence-electron chi connectivity index (χ4n) is 1.94. The second kappa shape index (κ2) is 7.24. The van der Waals surface area contributed by atoms with Gasteiger partial charge in [0, 0.05) is 17.0 Å². The fourth-order valence-corrected chi connectivity index (χ4v) is 2.67. The van der Waals surface area contributed by atoms with Crippen LogP contribution >= 0.6 is 24.0 Å². The zero-order valence-electron chi connectivity index (χ0n) is 11.6. The standard InChI is InChI=1S/C16H16N2OS2/c1-21-14-8-3-2-7-13(14)16(19)18-10-11-5-4-6-12(9-11)15(17)20/h2-9H,10H2,1H3,(H2,17,20)(H,18,19). The molecule has 108 valence electrons. The second-order valence-electron chi connectivity index (χ2n) is 4.45.